The molecule has 3 heterocycles. The van der Waals surface area contributed by atoms with Crippen LogP contribution in [0.4, 0.5) is 0 Å². The maximum Gasteiger partial charge on any atom is 0.0702 e. The van der Waals surface area contributed by atoms with E-state index >= 15 is 0 Å². The molecule has 0 bridgehead atoms. The first-order chi connectivity index (χ1) is 9.62. The number of aliphatic hydroxyl groups is 1. The molecule has 0 amide bonds. The van der Waals surface area contributed by atoms with E-state index in [1.807, 2.05) is 11.8 Å². The number of piperidine rings is 1. The lowest BCUT2D eigenvalue weighted by Crippen LogP contribution is -2.54. The molecule has 3 aliphatic heterocycles. The van der Waals surface area contributed by atoms with Crippen molar-refractivity contribution in [3.8, 4) is 0 Å². The molecule has 1 spiro atoms. The molecule has 0 aromatic rings. The van der Waals surface area contributed by atoms with Crippen LogP contribution in [0.2, 0.25) is 0 Å². The van der Waals surface area contributed by atoms with Gasteiger partial charge in [0, 0.05) is 19.1 Å². The van der Waals surface area contributed by atoms with E-state index < -0.39 is 5.60 Å². The standard InChI is InChI=1S/C16H29NO2S/c1-15(18,14-3-2-7-17-12-14)13-4-8-19-16(11-13)5-9-20-10-6-16/h13-14,17-18H,2-12H2,1H3. The largest absolute Gasteiger partial charge is 0.390 e. The third-order valence-corrected chi connectivity index (χ3v) is 6.83. The number of nitrogens with one attached hydrogen (secondary N) is 1. The van der Waals surface area contributed by atoms with Crippen LogP contribution in [0.1, 0.15) is 45.4 Å². The molecule has 3 fully saturated rings. The topological polar surface area (TPSA) is 41.5 Å². The molecular weight excluding hydrogens is 270 g/mol. The third-order valence-electron chi connectivity index (χ3n) is 5.85. The van der Waals surface area contributed by atoms with Crippen LogP contribution in [0.3, 0.4) is 0 Å². The Morgan fingerprint density at radius 2 is 2.05 bits per heavy atom. The van der Waals surface area contributed by atoms with Crippen molar-refractivity contribution in [2.75, 3.05) is 31.2 Å². The van der Waals surface area contributed by atoms with E-state index in [-0.39, 0.29) is 5.60 Å². The molecule has 3 nitrogen and oxygen atoms in total. The molecular formula is C16H29NO2S. The van der Waals surface area contributed by atoms with Crippen molar-refractivity contribution in [2.24, 2.45) is 11.8 Å². The highest BCUT2D eigenvalue weighted by molar-refractivity contribution is 7.99. The van der Waals surface area contributed by atoms with Gasteiger partial charge in [0.25, 0.3) is 0 Å². The third kappa shape index (κ3) is 3.03. The summed E-state index contributed by atoms with van der Waals surface area (Å²) in [5, 5.41) is 14.6. The number of hydrogen-bond donors (Lipinski definition) is 2. The fourth-order valence-corrected chi connectivity index (χ4v) is 5.54. The molecule has 2 N–H and O–H groups in total. The molecule has 0 radical (unpaired) electrons. The summed E-state index contributed by atoms with van der Waals surface area (Å²) in [4.78, 5) is 0. The van der Waals surface area contributed by atoms with Gasteiger partial charge in [-0.15, -0.1) is 0 Å². The Bertz CT molecular complexity index is 317. The molecule has 3 saturated heterocycles. The van der Waals surface area contributed by atoms with Crippen molar-refractivity contribution in [2.45, 2.75) is 56.7 Å². The van der Waals surface area contributed by atoms with Crippen molar-refractivity contribution in [1.29, 1.82) is 0 Å². The number of hydrogen-bond acceptors (Lipinski definition) is 4. The van der Waals surface area contributed by atoms with E-state index in [1.165, 1.54) is 37.2 Å². The number of rotatable bonds is 2. The highest BCUT2D eigenvalue weighted by Crippen LogP contribution is 2.45. The lowest BCUT2D eigenvalue weighted by molar-refractivity contribution is -0.158. The molecule has 3 unspecified atom stereocenters. The molecule has 4 heteroatoms. The minimum atomic E-state index is -0.533. The Morgan fingerprint density at radius 1 is 1.25 bits per heavy atom. The highest BCUT2D eigenvalue weighted by Gasteiger charge is 2.47. The Hall–Kier alpha value is 0.230. The first-order valence-electron chi connectivity index (χ1n) is 8.27. The molecule has 0 aromatic heterocycles. The van der Waals surface area contributed by atoms with E-state index in [9.17, 15) is 5.11 Å². The summed E-state index contributed by atoms with van der Waals surface area (Å²) in [6.45, 7) is 5.02. The monoisotopic (exact) mass is 299 g/mol. The predicted molar refractivity (Wildman–Crippen MR) is 84.2 cm³/mol. The summed E-state index contributed by atoms with van der Waals surface area (Å²) in [6, 6.07) is 0. The van der Waals surface area contributed by atoms with Crippen molar-refractivity contribution in [3.63, 3.8) is 0 Å². The summed E-state index contributed by atoms with van der Waals surface area (Å²) in [5.41, 5.74) is -0.449. The van der Waals surface area contributed by atoms with Gasteiger partial charge >= 0.3 is 0 Å². The van der Waals surface area contributed by atoms with Crippen LogP contribution in [0, 0.1) is 11.8 Å². The number of thioether (sulfide) groups is 1. The number of ether oxygens (including phenoxy) is 1. The average Bonchev–Trinajstić information content (AvgIpc) is 2.49. The second kappa shape index (κ2) is 6.15. The van der Waals surface area contributed by atoms with Gasteiger partial charge in [-0.05, 0) is 69.4 Å². The van der Waals surface area contributed by atoms with E-state index in [0.29, 0.717) is 11.8 Å². The van der Waals surface area contributed by atoms with Gasteiger partial charge in [0.2, 0.25) is 0 Å². The van der Waals surface area contributed by atoms with Crippen LogP contribution in [0.15, 0.2) is 0 Å². The molecule has 0 aliphatic carbocycles. The summed E-state index contributed by atoms with van der Waals surface area (Å²) in [5.74, 6) is 3.26. The van der Waals surface area contributed by atoms with E-state index in [0.717, 1.165) is 32.5 Å². The Balaban J connectivity index is 1.68. The van der Waals surface area contributed by atoms with Crippen molar-refractivity contribution >= 4 is 11.8 Å². The summed E-state index contributed by atoms with van der Waals surface area (Å²) < 4.78 is 6.18. The van der Waals surface area contributed by atoms with Gasteiger partial charge in [0.15, 0.2) is 0 Å². The summed E-state index contributed by atoms with van der Waals surface area (Å²) in [7, 11) is 0. The van der Waals surface area contributed by atoms with Gasteiger partial charge in [-0.3, -0.25) is 0 Å². The molecule has 116 valence electrons. The molecule has 3 rings (SSSR count). The lowest BCUT2D eigenvalue weighted by Gasteiger charge is -2.49. The molecule has 3 aliphatic rings. The minimum Gasteiger partial charge on any atom is -0.390 e. The average molecular weight is 299 g/mol. The molecule has 0 saturated carbocycles. The fraction of sp³-hybridized carbons (Fsp3) is 1.00. The van der Waals surface area contributed by atoms with Crippen LogP contribution in [-0.4, -0.2) is 47.5 Å². The van der Waals surface area contributed by atoms with Gasteiger partial charge in [-0.1, -0.05) is 0 Å². The van der Waals surface area contributed by atoms with Crippen molar-refractivity contribution in [3.05, 3.63) is 0 Å². The van der Waals surface area contributed by atoms with Gasteiger partial charge in [0.05, 0.1) is 11.2 Å². The Morgan fingerprint density at radius 3 is 2.75 bits per heavy atom. The molecule has 20 heavy (non-hydrogen) atoms. The second-order valence-electron chi connectivity index (χ2n) is 7.10. The SMILES string of the molecule is CC(O)(C1CCCNC1)C1CCOC2(CCSCC2)C1. The molecule has 3 atom stereocenters. The predicted octanol–water partition coefficient (Wildman–Crippen LogP) is 2.43. The van der Waals surface area contributed by atoms with Crippen LogP contribution in [-0.2, 0) is 4.74 Å². The zero-order valence-electron chi connectivity index (χ0n) is 12.7. The summed E-state index contributed by atoms with van der Waals surface area (Å²) >= 11 is 2.05. The quantitative estimate of drug-likeness (QED) is 0.822. The minimum absolute atomic E-state index is 0.0836. The fourth-order valence-electron chi connectivity index (χ4n) is 4.30. The van der Waals surface area contributed by atoms with Crippen LogP contribution >= 0.6 is 11.8 Å². The van der Waals surface area contributed by atoms with Crippen molar-refractivity contribution in [1.82, 2.24) is 5.32 Å². The molecule has 0 aromatic carbocycles. The van der Waals surface area contributed by atoms with Gasteiger partial charge in [0.1, 0.15) is 0 Å². The van der Waals surface area contributed by atoms with Crippen LogP contribution in [0.25, 0.3) is 0 Å². The first-order valence-corrected chi connectivity index (χ1v) is 9.43. The van der Waals surface area contributed by atoms with Gasteiger partial charge < -0.3 is 15.2 Å². The van der Waals surface area contributed by atoms with Crippen LogP contribution < -0.4 is 5.32 Å². The zero-order chi connectivity index (χ0) is 14.1. The second-order valence-corrected chi connectivity index (χ2v) is 8.33. The normalized spacial score (nSPS) is 37.5. The smallest absolute Gasteiger partial charge is 0.0702 e. The Kier molecular flexibility index (Phi) is 4.66. The van der Waals surface area contributed by atoms with Gasteiger partial charge in [-0.25, -0.2) is 0 Å². The first kappa shape index (κ1) is 15.1. The van der Waals surface area contributed by atoms with Gasteiger partial charge in [-0.2, -0.15) is 11.8 Å². The van der Waals surface area contributed by atoms with Crippen molar-refractivity contribution < 1.29 is 9.84 Å². The summed E-state index contributed by atoms with van der Waals surface area (Å²) in [6.07, 6.45) is 6.81. The maximum absolute atomic E-state index is 11.2. The Labute approximate surface area is 127 Å². The van der Waals surface area contributed by atoms with E-state index in [4.69, 9.17) is 4.74 Å². The van der Waals surface area contributed by atoms with E-state index in [1.54, 1.807) is 0 Å². The lowest BCUT2D eigenvalue weighted by atomic mass is 9.68. The van der Waals surface area contributed by atoms with E-state index in [2.05, 4.69) is 12.2 Å². The zero-order valence-corrected chi connectivity index (χ0v) is 13.5. The maximum atomic E-state index is 11.2. The van der Waals surface area contributed by atoms with Crippen LogP contribution in [0.5, 0.6) is 0 Å². The highest BCUT2D eigenvalue weighted by atomic mass is 32.2.